The maximum atomic E-state index is 8.25. The van der Waals surface area contributed by atoms with E-state index in [4.69, 9.17) is 33.1 Å². The Labute approximate surface area is 672 Å². The van der Waals surface area contributed by atoms with Crippen molar-refractivity contribution in [1.29, 1.82) is 0 Å². The molecule has 2 aromatic heterocycles. The van der Waals surface area contributed by atoms with Crippen molar-refractivity contribution in [3.05, 3.63) is 468 Å². The van der Waals surface area contributed by atoms with E-state index >= 15 is 0 Å². The average molecular weight is 1470 g/mol. The Hall–Kier alpha value is -15.6. The third kappa shape index (κ3) is 10.6. The number of fused-ring (bicyclic) bond motifs is 22. The number of hydrogen-bond acceptors (Lipinski definition) is 4. The highest BCUT2D eigenvalue weighted by molar-refractivity contribution is 6.03. The number of benzene rings is 17. The summed E-state index contributed by atoms with van der Waals surface area (Å²) in [6, 6.07) is 142. The number of nitrogens with zero attached hydrogens (tertiary/aromatic N) is 6. The van der Waals surface area contributed by atoms with Crippen molar-refractivity contribution in [2.75, 3.05) is 0 Å². The van der Waals surface area contributed by atoms with E-state index in [9.17, 15) is 0 Å². The van der Waals surface area contributed by atoms with Crippen LogP contribution in [-0.2, 0) is 10.8 Å². The Morgan fingerprint density at radius 3 is 0.914 bits per heavy atom. The molecule has 2 spiro atoms. The van der Waals surface area contributed by atoms with Gasteiger partial charge >= 0.3 is 0 Å². The summed E-state index contributed by atoms with van der Waals surface area (Å²) in [5.41, 5.74) is 35.9. The molecular weight excluding hydrogens is 1410 g/mol. The lowest BCUT2D eigenvalue weighted by Crippen LogP contribution is -2.25. The van der Waals surface area contributed by atoms with Gasteiger partial charge in [0.15, 0.2) is 23.0 Å². The van der Waals surface area contributed by atoms with Crippen LogP contribution >= 0.6 is 0 Å². The van der Waals surface area contributed by atoms with Crippen molar-refractivity contribution in [3.63, 3.8) is 0 Å². The molecule has 0 bridgehead atoms. The van der Waals surface area contributed by atoms with Gasteiger partial charge < -0.3 is 0 Å². The summed E-state index contributed by atoms with van der Waals surface area (Å²) >= 11 is 0. The van der Waals surface area contributed by atoms with Crippen LogP contribution in [0, 0.1) is 13.1 Å². The van der Waals surface area contributed by atoms with Gasteiger partial charge in [-0.1, -0.05) is 358 Å². The molecule has 4 aliphatic carbocycles. The Bertz CT molecular complexity index is 7160. The van der Waals surface area contributed by atoms with Gasteiger partial charge in [0.25, 0.3) is 0 Å². The number of hydrogen-bond donors (Lipinski definition) is 0. The molecular formula is C110H66N6. The summed E-state index contributed by atoms with van der Waals surface area (Å²) in [4.78, 5) is 28.8. The Kier molecular flexibility index (Phi) is 15.7. The molecule has 6 nitrogen and oxygen atoms in total. The van der Waals surface area contributed by atoms with Crippen molar-refractivity contribution >= 4 is 32.9 Å². The summed E-state index contributed by atoms with van der Waals surface area (Å²) < 4.78 is 0. The van der Waals surface area contributed by atoms with Gasteiger partial charge in [0.1, 0.15) is 0 Å². The molecule has 2 heterocycles. The van der Waals surface area contributed by atoms with Gasteiger partial charge in [-0.25, -0.2) is 29.6 Å². The third-order valence-electron chi connectivity index (χ3n) is 24.3. The maximum absolute atomic E-state index is 8.25. The lowest BCUT2D eigenvalue weighted by atomic mass is 9.70. The molecule has 4 aliphatic rings. The molecule has 17 aromatic carbocycles. The van der Waals surface area contributed by atoms with Crippen LogP contribution in [0.4, 0.5) is 11.4 Å². The molecule has 0 amide bonds. The Balaban J connectivity index is 0.000000141. The van der Waals surface area contributed by atoms with Crippen LogP contribution in [0.2, 0.25) is 0 Å². The van der Waals surface area contributed by atoms with E-state index in [2.05, 4.69) is 362 Å². The predicted octanol–water partition coefficient (Wildman–Crippen LogP) is 28.1. The maximum Gasteiger partial charge on any atom is 0.195 e. The minimum absolute atomic E-state index is 0.483. The lowest BCUT2D eigenvalue weighted by molar-refractivity contribution is 0.794. The minimum Gasteiger partial charge on any atom is -0.238 e. The zero-order chi connectivity index (χ0) is 77.0. The van der Waals surface area contributed by atoms with Crippen molar-refractivity contribution in [2.45, 2.75) is 10.8 Å². The standard InChI is InChI=1S/C56H33N3.C54H33N3/c1-57-51-20-10-19-50-54(51)46-33-41(29-30-49(46)56(50)47-17-8-6-15-44(47)45-16-7-9-18-48(45)56)37-21-25-38(26-22-37)52-34-53(42-27-23-35-11-2-4-13-39(35)31-42)59-55(58-52)43-28-24-36-12-3-5-14-40(36)32-43;1-55-49-25-13-24-48-52(49)44-33-40(30-31-47(44)54(48)45-22-10-8-20-42(45)43-21-9-11-23-46(43)54)36-26-28-38(29-27-36)51-34-50(37-16-6-3-7-17-37)56-53(57-51)41-19-12-18-39(32-41)35-14-4-2-5-15-35/h2-34H;2-34H. The molecule has 19 aromatic rings. The topological polar surface area (TPSA) is 60.3 Å². The van der Waals surface area contributed by atoms with Crippen molar-refractivity contribution in [2.24, 2.45) is 0 Å². The van der Waals surface area contributed by atoms with Gasteiger partial charge in [-0.15, -0.1) is 0 Å². The van der Waals surface area contributed by atoms with Gasteiger partial charge in [-0.2, -0.15) is 0 Å². The van der Waals surface area contributed by atoms with Crippen LogP contribution in [0.25, 0.3) is 177 Å². The minimum atomic E-state index is -0.487. The van der Waals surface area contributed by atoms with Crippen LogP contribution in [0.3, 0.4) is 0 Å². The van der Waals surface area contributed by atoms with E-state index in [1.165, 1.54) is 82.9 Å². The molecule has 0 unspecified atom stereocenters. The zero-order valence-electron chi connectivity index (χ0n) is 62.8. The number of aromatic nitrogens is 4. The predicted molar refractivity (Wildman–Crippen MR) is 473 cm³/mol. The quantitative estimate of drug-likeness (QED) is 0.135. The SMILES string of the molecule is [C-]#[N+]c1cccc2c1-c1cc(-c3ccc(-c4cc(-c5ccc6ccccc6c5)nc(-c5ccc6ccccc6c5)n4)cc3)ccc1C21c2ccccc2-c2ccccc21.[C-]#[N+]c1cccc2c1-c1cc(-c3ccc(-c4cc(-c5ccccc5)nc(-c5cccc(-c6ccccc6)c5)n4)cc3)ccc1C21c2ccccc2-c2ccccc21. The fourth-order valence-electron chi connectivity index (χ4n) is 19.1. The molecule has 116 heavy (non-hydrogen) atoms. The van der Waals surface area contributed by atoms with Crippen LogP contribution in [0.1, 0.15) is 44.5 Å². The summed E-state index contributed by atoms with van der Waals surface area (Å²) in [5, 5.41) is 4.72. The zero-order valence-corrected chi connectivity index (χ0v) is 62.8. The molecule has 0 aliphatic heterocycles. The molecule has 0 N–H and O–H groups in total. The molecule has 0 atom stereocenters. The van der Waals surface area contributed by atoms with Crippen molar-refractivity contribution < 1.29 is 0 Å². The lowest BCUT2D eigenvalue weighted by Gasteiger charge is -2.30. The van der Waals surface area contributed by atoms with E-state index in [0.29, 0.717) is 23.0 Å². The van der Waals surface area contributed by atoms with Gasteiger partial charge in [0, 0.05) is 33.4 Å². The number of rotatable bonds is 9. The third-order valence-corrected chi connectivity index (χ3v) is 24.3. The highest BCUT2D eigenvalue weighted by Gasteiger charge is 2.54. The summed E-state index contributed by atoms with van der Waals surface area (Å²) in [6.07, 6.45) is 0. The molecule has 536 valence electrons. The van der Waals surface area contributed by atoms with Crippen LogP contribution < -0.4 is 0 Å². The first kappa shape index (κ1) is 67.3. The highest BCUT2D eigenvalue weighted by Crippen LogP contribution is 2.66. The first-order chi connectivity index (χ1) is 57.4. The van der Waals surface area contributed by atoms with E-state index < -0.39 is 10.8 Å². The normalized spacial score (nSPS) is 12.8. The van der Waals surface area contributed by atoms with Gasteiger partial charge in [0.05, 0.1) is 46.7 Å². The summed E-state index contributed by atoms with van der Waals surface area (Å²) in [7, 11) is 0. The second-order valence-electron chi connectivity index (χ2n) is 30.3. The van der Waals surface area contributed by atoms with Crippen LogP contribution in [0.15, 0.2) is 400 Å². The largest absolute Gasteiger partial charge is 0.238 e. The highest BCUT2D eigenvalue weighted by atomic mass is 14.9. The van der Waals surface area contributed by atoms with E-state index in [1.54, 1.807) is 0 Å². The second kappa shape index (κ2) is 27.1. The Morgan fingerprint density at radius 1 is 0.181 bits per heavy atom. The fraction of sp³-hybridized carbons (Fsp3) is 0.0182. The summed E-state index contributed by atoms with van der Waals surface area (Å²) in [5.74, 6) is 1.38. The van der Waals surface area contributed by atoms with Crippen LogP contribution in [-0.4, -0.2) is 19.9 Å². The van der Waals surface area contributed by atoms with E-state index in [0.717, 1.165) is 117 Å². The summed E-state index contributed by atoms with van der Waals surface area (Å²) in [6.45, 7) is 16.5. The van der Waals surface area contributed by atoms with E-state index in [-0.39, 0.29) is 0 Å². The monoisotopic (exact) mass is 1470 g/mol. The van der Waals surface area contributed by atoms with E-state index in [1.807, 2.05) is 48.5 Å². The molecule has 0 radical (unpaired) electrons. The average Bonchev–Trinajstić information content (AvgIpc) is 1.51. The van der Waals surface area contributed by atoms with Crippen molar-refractivity contribution in [3.8, 4) is 146 Å². The van der Waals surface area contributed by atoms with Crippen LogP contribution in [0.5, 0.6) is 0 Å². The van der Waals surface area contributed by atoms with Gasteiger partial charge in [0.2, 0.25) is 0 Å². The second-order valence-corrected chi connectivity index (χ2v) is 30.3. The molecule has 0 saturated heterocycles. The van der Waals surface area contributed by atoms with Crippen molar-refractivity contribution in [1.82, 2.24) is 19.9 Å². The molecule has 6 heteroatoms. The van der Waals surface area contributed by atoms with Gasteiger partial charge in [-0.05, 0) is 186 Å². The first-order valence-electron chi connectivity index (χ1n) is 39.3. The molecule has 23 rings (SSSR count). The fourth-order valence-corrected chi connectivity index (χ4v) is 19.1. The molecule has 0 saturated carbocycles. The Morgan fingerprint density at radius 2 is 0.466 bits per heavy atom. The van der Waals surface area contributed by atoms with Gasteiger partial charge in [-0.3, -0.25) is 0 Å². The first-order valence-corrected chi connectivity index (χ1v) is 39.3. The smallest absolute Gasteiger partial charge is 0.195 e. The molecule has 0 fully saturated rings.